The minimum absolute atomic E-state index is 0.00123. The molecule has 0 aliphatic carbocycles. The Bertz CT molecular complexity index is 588. The Hall–Kier alpha value is -1.41. The lowest BCUT2D eigenvalue weighted by atomic mass is 10.0. The van der Waals surface area contributed by atoms with Gasteiger partial charge in [0.2, 0.25) is 5.91 Å². The average Bonchev–Trinajstić information content (AvgIpc) is 2.68. The summed E-state index contributed by atoms with van der Waals surface area (Å²) < 4.78 is 39.7. The van der Waals surface area contributed by atoms with Crippen molar-refractivity contribution in [1.82, 2.24) is 5.01 Å². The first-order chi connectivity index (χ1) is 9.15. The van der Waals surface area contributed by atoms with Crippen LogP contribution in [-0.4, -0.2) is 33.6 Å². The smallest absolute Gasteiger partial charge is 0.362 e. The number of aliphatic hydroxyl groups is 1. The molecule has 108 valence electrons. The standard InChI is InChI=1S/C12H10BrF3N2O2/c1-7(19)18-11(20,12(14,15)16)6-10(17-18)8-3-2-4-9(13)5-8/h2-5,20H,6H2,1H3/t11-/m1/s1. The van der Waals surface area contributed by atoms with Gasteiger partial charge in [-0.05, 0) is 17.7 Å². The highest BCUT2D eigenvalue weighted by Crippen LogP contribution is 2.41. The summed E-state index contributed by atoms with van der Waals surface area (Å²) in [4.78, 5) is 11.3. The van der Waals surface area contributed by atoms with E-state index in [-0.39, 0.29) is 10.7 Å². The van der Waals surface area contributed by atoms with Crippen LogP contribution in [0.2, 0.25) is 0 Å². The van der Waals surface area contributed by atoms with Crippen molar-refractivity contribution in [2.24, 2.45) is 5.10 Å². The summed E-state index contributed by atoms with van der Waals surface area (Å²) in [6.07, 6.45) is -5.79. The van der Waals surface area contributed by atoms with E-state index in [1.54, 1.807) is 24.3 Å². The van der Waals surface area contributed by atoms with Crippen LogP contribution in [0.5, 0.6) is 0 Å². The number of alkyl halides is 3. The Morgan fingerprint density at radius 3 is 2.60 bits per heavy atom. The molecule has 8 heteroatoms. The third-order valence-electron chi connectivity index (χ3n) is 2.90. The van der Waals surface area contributed by atoms with Crippen molar-refractivity contribution in [2.45, 2.75) is 25.2 Å². The zero-order chi connectivity index (χ0) is 15.1. The van der Waals surface area contributed by atoms with Crippen molar-refractivity contribution in [3.8, 4) is 0 Å². The van der Waals surface area contributed by atoms with Crippen LogP contribution in [0.15, 0.2) is 33.8 Å². The van der Waals surface area contributed by atoms with Gasteiger partial charge in [0, 0.05) is 11.4 Å². The van der Waals surface area contributed by atoms with Gasteiger partial charge in [-0.2, -0.15) is 23.3 Å². The number of nitrogens with zero attached hydrogens (tertiary/aromatic N) is 2. The second kappa shape index (κ2) is 4.85. The van der Waals surface area contributed by atoms with Gasteiger partial charge in [0.05, 0.1) is 12.1 Å². The fraction of sp³-hybridized carbons (Fsp3) is 0.333. The maximum atomic E-state index is 13.0. The van der Waals surface area contributed by atoms with Gasteiger partial charge in [-0.15, -0.1) is 0 Å². The summed E-state index contributed by atoms with van der Waals surface area (Å²) >= 11 is 3.20. The van der Waals surface area contributed by atoms with E-state index < -0.39 is 24.2 Å². The third kappa shape index (κ3) is 2.45. The largest absolute Gasteiger partial charge is 0.438 e. The average molecular weight is 351 g/mol. The van der Waals surface area contributed by atoms with E-state index in [0.717, 1.165) is 6.92 Å². The molecular formula is C12H10BrF3N2O2. The van der Waals surface area contributed by atoms with Crippen LogP contribution in [0.4, 0.5) is 13.2 Å². The highest BCUT2D eigenvalue weighted by Gasteiger charge is 2.62. The number of rotatable bonds is 1. The summed E-state index contributed by atoms with van der Waals surface area (Å²) in [7, 11) is 0. The van der Waals surface area contributed by atoms with E-state index in [1.807, 2.05) is 0 Å². The number of benzene rings is 1. The molecule has 1 atom stereocenters. The van der Waals surface area contributed by atoms with Crippen molar-refractivity contribution >= 4 is 27.5 Å². The molecule has 1 aliphatic heterocycles. The van der Waals surface area contributed by atoms with Gasteiger partial charge in [0.15, 0.2) is 0 Å². The molecule has 1 aromatic carbocycles. The quantitative estimate of drug-likeness (QED) is 0.846. The van der Waals surface area contributed by atoms with E-state index in [0.29, 0.717) is 10.0 Å². The third-order valence-corrected chi connectivity index (χ3v) is 3.39. The van der Waals surface area contributed by atoms with E-state index in [9.17, 15) is 23.1 Å². The summed E-state index contributed by atoms with van der Waals surface area (Å²) in [6.45, 7) is 0.921. The Labute approximate surface area is 121 Å². The zero-order valence-corrected chi connectivity index (χ0v) is 11.9. The maximum Gasteiger partial charge on any atom is 0.438 e. The topological polar surface area (TPSA) is 52.9 Å². The molecule has 0 radical (unpaired) electrons. The number of halogens is 4. The number of carbonyl (C=O) groups is 1. The van der Waals surface area contributed by atoms with Crippen molar-refractivity contribution in [1.29, 1.82) is 0 Å². The number of hydrazone groups is 1. The summed E-state index contributed by atoms with van der Waals surface area (Å²) in [5, 5.41) is 13.5. The van der Waals surface area contributed by atoms with Crippen LogP contribution >= 0.6 is 15.9 Å². The molecular weight excluding hydrogens is 341 g/mol. The van der Waals surface area contributed by atoms with Crippen molar-refractivity contribution in [3.05, 3.63) is 34.3 Å². The Balaban J connectivity index is 2.45. The molecule has 1 N–H and O–H groups in total. The molecule has 1 heterocycles. The van der Waals surface area contributed by atoms with Crippen molar-refractivity contribution in [2.75, 3.05) is 0 Å². The van der Waals surface area contributed by atoms with Gasteiger partial charge in [-0.25, -0.2) is 0 Å². The van der Waals surface area contributed by atoms with Crippen LogP contribution in [-0.2, 0) is 4.79 Å². The highest BCUT2D eigenvalue weighted by molar-refractivity contribution is 9.10. The predicted octanol–water partition coefficient (Wildman–Crippen LogP) is 2.66. The fourth-order valence-electron chi connectivity index (χ4n) is 1.93. The fourth-order valence-corrected chi connectivity index (χ4v) is 2.33. The minimum atomic E-state index is -4.99. The monoisotopic (exact) mass is 350 g/mol. The zero-order valence-electron chi connectivity index (χ0n) is 10.3. The lowest BCUT2D eigenvalue weighted by molar-refractivity contribution is -0.301. The van der Waals surface area contributed by atoms with Crippen LogP contribution in [0, 0.1) is 0 Å². The van der Waals surface area contributed by atoms with E-state index in [4.69, 9.17) is 0 Å². The normalized spacial score (nSPS) is 22.9. The van der Waals surface area contributed by atoms with E-state index in [2.05, 4.69) is 21.0 Å². The summed E-state index contributed by atoms with van der Waals surface area (Å²) in [6, 6.07) is 6.46. The molecule has 0 unspecified atom stereocenters. The molecule has 0 saturated carbocycles. The molecule has 2 rings (SSSR count). The van der Waals surface area contributed by atoms with Crippen LogP contribution < -0.4 is 0 Å². The Morgan fingerprint density at radius 2 is 2.15 bits per heavy atom. The van der Waals surface area contributed by atoms with Crippen LogP contribution in [0.1, 0.15) is 18.9 Å². The lowest BCUT2D eigenvalue weighted by Crippen LogP contribution is -2.56. The number of carbonyl (C=O) groups excluding carboxylic acids is 1. The highest BCUT2D eigenvalue weighted by atomic mass is 79.9. The van der Waals surface area contributed by atoms with Crippen molar-refractivity contribution in [3.63, 3.8) is 0 Å². The Morgan fingerprint density at radius 1 is 1.50 bits per heavy atom. The molecule has 20 heavy (non-hydrogen) atoms. The molecule has 1 aromatic rings. The van der Waals surface area contributed by atoms with E-state index in [1.165, 1.54) is 0 Å². The molecule has 1 amide bonds. The number of hydrogen-bond donors (Lipinski definition) is 1. The summed E-state index contributed by atoms with van der Waals surface area (Å²) in [5.74, 6) is -0.977. The minimum Gasteiger partial charge on any atom is -0.362 e. The first-order valence-electron chi connectivity index (χ1n) is 5.58. The Kier molecular flexibility index (Phi) is 3.64. The van der Waals surface area contributed by atoms with Crippen LogP contribution in [0.3, 0.4) is 0 Å². The number of hydrogen-bond acceptors (Lipinski definition) is 3. The lowest BCUT2D eigenvalue weighted by Gasteiger charge is -2.31. The van der Waals surface area contributed by atoms with Gasteiger partial charge < -0.3 is 5.11 Å². The molecule has 0 fully saturated rings. The van der Waals surface area contributed by atoms with Gasteiger partial charge in [-0.1, -0.05) is 28.1 Å². The van der Waals surface area contributed by atoms with Crippen molar-refractivity contribution < 1.29 is 23.1 Å². The SMILES string of the molecule is CC(=O)N1N=C(c2cccc(Br)c2)C[C@@]1(O)C(F)(F)F. The first kappa shape index (κ1) is 15.0. The van der Waals surface area contributed by atoms with Gasteiger partial charge >= 0.3 is 6.18 Å². The van der Waals surface area contributed by atoms with Gasteiger partial charge in [0.1, 0.15) is 0 Å². The summed E-state index contributed by atoms with van der Waals surface area (Å²) in [5.41, 5.74) is -2.89. The van der Waals surface area contributed by atoms with Gasteiger partial charge in [-0.3, -0.25) is 4.79 Å². The maximum absolute atomic E-state index is 13.0. The van der Waals surface area contributed by atoms with Crippen LogP contribution in [0.25, 0.3) is 0 Å². The van der Waals surface area contributed by atoms with E-state index >= 15 is 0 Å². The molecule has 0 bridgehead atoms. The molecule has 0 spiro atoms. The molecule has 4 nitrogen and oxygen atoms in total. The molecule has 0 saturated heterocycles. The molecule has 1 aliphatic rings. The molecule has 0 aromatic heterocycles. The predicted molar refractivity (Wildman–Crippen MR) is 68.8 cm³/mol. The van der Waals surface area contributed by atoms with Gasteiger partial charge in [0.25, 0.3) is 5.72 Å². The number of amides is 1. The first-order valence-corrected chi connectivity index (χ1v) is 6.38. The second-order valence-corrected chi connectivity index (χ2v) is 5.29. The second-order valence-electron chi connectivity index (χ2n) is 4.38.